The number of hydrogen-bond acceptors (Lipinski definition) is 4. The Balaban J connectivity index is 2.97. The van der Waals surface area contributed by atoms with Gasteiger partial charge in [0.1, 0.15) is 0 Å². The van der Waals surface area contributed by atoms with Gasteiger partial charge in [-0.25, -0.2) is 0 Å². The van der Waals surface area contributed by atoms with Crippen molar-refractivity contribution in [3.8, 4) is 5.88 Å². The van der Waals surface area contributed by atoms with E-state index < -0.39 is 17.2 Å². The van der Waals surface area contributed by atoms with Gasteiger partial charge in [0.2, 0.25) is 5.88 Å². The lowest BCUT2D eigenvalue weighted by atomic mass is 10.4. The maximum absolute atomic E-state index is 11.7. The predicted molar refractivity (Wildman–Crippen MR) is 50.3 cm³/mol. The molecule has 0 fully saturated rings. The lowest BCUT2D eigenvalue weighted by Crippen LogP contribution is -2.18. The SMILES string of the molecule is O=[N+]([O-])c1ccc(OC(F)(F)F)nc1I. The van der Waals surface area contributed by atoms with Crippen LogP contribution in [0.25, 0.3) is 0 Å². The van der Waals surface area contributed by atoms with Crippen LogP contribution in [-0.2, 0) is 0 Å². The summed E-state index contributed by atoms with van der Waals surface area (Å²) < 4.78 is 38.5. The quantitative estimate of drug-likeness (QED) is 0.361. The average molecular weight is 334 g/mol. The number of rotatable bonds is 2. The van der Waals surface area contributed by atoms with Gasteiger partial charge in [0.15, 0.2) is 3.70 Å². The Kier molecular flexibility index (Phi) is 3.31. The van der Waals surface area contributed by atoms with Crippen LogP contribution >= 0.6 is 22.6 Å². The van der Waals surface area contributed by atoms with Gasteiger partial charge in [-0.3, -0.25) is 10.1 Å². The zero-order valence-electron chi connectivity index (χ0n) is 6.79. The van der Waals surface area contributed by atoms with Crippen LogP contribution in [0.2, 0.25) is 0 Å². The third kappa shape index (κ3) is 3.49. The summed E-state index contributed by atoms with van der Waals surface area (Å²) in [6.45, 7) is 0. The molecule has 0 unspecified atom stereocenters. The molecule has 15 heavy (non-hydrogen) atoms. The number of nitro groups is 1. The maximum atomic E-state index is 11.7. The maximum Gasteiger partial charge on any atom is 0.574 e. The molecule has 0 aliphatic heterocycles. The van der Waals surface area contributed by atoms with E-state index in [0.29, 0.717) is 0 Å². The summed E-state index contributed by atoms with van der Waals surface area (Å²) in [5.41, 5.74) is -0.370. The molecule has 5 nitrogen and oxygen atoms in total. The van der Waals surface area contributed by atoms with Crippen molar-refractivity contribution >= 4 is 28.3 Å². The molecule has 1 aromatic rings. The molecule has 0 aliphatic carbocycles. The van der Waals surface area contributed by atoms with Gasteiger partial charge in [-0.1, -0.05) is 0 Å². The Morgan fingerprint density at radius 1 is 1.47 bits per heavy atom. The summed E-state index contributed by atoms with van der Waals surface area (Å²) in [5, 5.41) is 10.3. The Morgan fingerprint density at radius 3 is 2.47 bits per heavy atom. The summed E-state index contributed by atoms with van der Waals surface area (Å²) in [7, 11) is 0. The molecule has 0 bridgehead atoms. The fourth-order valence-corrected chi connectivity index (χ4v) is 1.34. The molecule has 1 aromatic heterocycles. The third-order valence-electron chi connectivity index (χ3n) is 1.22. The number of alkyl halides is 3. The number of aromatic nitrogens is 1. The summed E-state index contributed by atoms with van der Waals surface area (Å²) in [6.07, 6.45) is -4.85. The number of ether oxygens (including phenoxy) is 1. The summed E-state index contributed by atoms with van der Waals surface area (Å²) in [6, 6.07) is 1.68. The van der Waals surface area contributed by atoms with Gasteiger partial charge in [-0.15, -0.1) is 13.2 Å². The van der Waals surface area contributed by atoms with E-state index in [0.717, 1.165) is 12.1 Å². The van der Waals surface area contributed by atoms with Gasteiger partial charge < -0.3 is 4.74 Å². The van der Waals surface area contributed by atoms with Crippen LogP contribution in [0.3, 0.4) is 0 Å². The summed E-state index contributed by atoms with van der Waals surface area (Å²) in [4.78, 5) is 12.9. The van der Waals surface area contributed by atoms with Crippen LogP contribution in [0.5, 0.6) is 5.88 Å². The van der Waals surface area contributed by atoms with Crippen molar-refractivity contribution in [1.82, 2.24) is 4.98 Å². The fourth-order valence-electron chi connectivity index (χ4n) is 0.722. The van der Waals surface area contributed by atoms with Crippen molar-refractivity contribution in [2.45, 2.75) is 6.36 Å². The Bertz CT molecular complexity index is 396. The molecule has 0 aliphatic rings. The standard InChI is InChI=1S/C6H2F3IN2O3/c7-6(8,9)15-4-2-1-3(12(13)14)5(10)11-4/h1-2H. The molecule has 1 heterocycles. The minimum atomic E-state index is -4.85. The van der Waals surface area contributed by atoms with E-state index in [2.05, 4.69) is 9.72 Å². The lowest BCUT2D eigenvalue weighted by Gasteiger charge is -2.07. The minimum Gasteiger partial charge on any atom is -0.388 e. The number of halogens is 4. The van der Waals surface area contributed by atoms with E-state index in [1.54, 1.807) is 0 Å². The highest BCUT2D eigenvalue weighted by atomic mass is 127. The van der Waals surface area contributed by atoms with Crippen molar-refractivity contribution in [2.75, 3.05) is 0 Å². The lowest BCUT2D eigenvalue weighted by molar-refractivity contribution is -0.386. The van der Waals surface area contributed by atoms with Gasteiger partial charge in [0.25, 0.3) is 0 Å². The first kappa shape index (κ1) is 11.9. The van der Waals surface area contributed by atoms with Gasteiger partial charge in [-0.05, 0) is 22.6 Å². The van der Waals surface area contributed by atoms with Crippen molar-refractivity contribution < 1.29 is 22.8 Å². The van der Waals surface area contributed by atoms with Crippen molar-refractivity contribution in [1.29, 1.82) is 0 Å². The number of nitrogens with zero attached hydrogens (tertiary/aromatic N) is 2. The highest BCUT2D eigenvalue weighted by Crippen LogP contribution is 2.25. The average Bonchev–Trinajstić information content (AvgIpc) is 1.99. The van der Waals surface area contributed by atoms with Crippen molar-refractivity contribution in [2.24, 2.45) is 0 Å². The molecule has 0 aromatic carbocycles. The second-order valence-corrected chi connectivity index (χ2v) is 3.29. The van der Waals surface area contributed by atoms with E-state index in [1.807, 2.05) is 0 Å². The van der Waals surface area contributed by atoms with E-state index in [4.69, 9.17) is 0 Å². The van der Waals surface area contributed by atoms with Crippen LogP contribution in [-0.4, -0.2) is 16.3 Å². The molecular weight excluding hydrogens is 332 g/mol. The van der Waals surface area contributed by atoms with Crippen molar-refractivity contribution in [3.05, 3.63) is 25.9 Å². The molecule has 0 spiro atoms. The van der Waals surface area contributed by atoms with Gasteiger partial charge in [-0.2, -0.15) is 4.98 Å². The second-order valence-electron chi connectivity index (χ2n) is 2.26. The smallest absolute Gasteiger partial charge is 0.388 e. The topological polar surface area (TPSA) is 65.3 Å². The van der Waals surface area contributed by atoms with Crippen LogP contribution in [0.4, 0.5) is 18.9 Å². The summed E-state index contributed by atoms with van der Waals surface area (Å²) in [5.74, 6) is -0.725. The van der Waals surface area contributed by atoms with Crippen LogP contribution in [0.15, 0.2) is 12.1 Å². The van der Waals surface area contributed by atoms with E-state index >= 15 is 0 Å². The molecule has 9 heteroatoms. The van der Waals surface area contributed by atoms with Gasteiger partial charge in [0.05, 0.1) is 4.92 Å². The summed E-state index contributed by atoms with van der Waals surface area (Å²) >= 11 is 1.45. The van der Waals surface area contributed by atoms with E-state index in [1.165, 1.54) is 22.6 Å². The van der Waals surface area contributed by atoms with Crippen LogP contribution < -0.4 is 4.74 Å². The second kappa shape index (κ2) is 4.16. The zero-order valence-corrected chi connectivity index (χ0v) is 8.94. The Morgan fingerprint density at radius 2 is 2.07 bits per heavy atom. The monoisotopic (exact) mass is 334 g/mol. The van der Waals surface area contributed by atoms with E-state index in [-0.39, 0.29) is 9.39 Å². The zero-order chi connectivity index (χ0) is 11.6. The number of pyridine rings is 1. The Hall–Kier alpha value is -1.13. The first-order chi connectivity index (χ1) is 6.79. The molecule has 0 amide bonds. The van der Waals surface area contributed by atoms with Gasteiger partial charge >= 0.3 is 12.0 Å². The highest BCUT2D eigenvalue weighted by molar-refractivity contribution is 14.1. The molecule has 0 saturated heterocycles. The number of hydrogen-bond donors (Lipinski definition) is 0. The van der Waals surface area contributed by atoms with E-state index in [9.17, 15) is 23.3 Å². The molecular formula is C6H2F3IN2O3. The Labute approximate surface area is 94.5 Å². The third-order valence-corrected chi connectivity index (χ3v) is 2.01. The molecule has 0 atom stereocenters. The highest BCUT2D eigenvalue weighted by Gasteiger charge is 2.32. The fraction of sp³-hybridized carbons (Fsp3) is 0.167. The predicted octanol–water partition coefficient (Wildman–Crippen LogP) is 2.49. The first-order valence-electron chi connectivity index (χ1n) is 3.36. The first-order valence-corrected chi connectivity index (χ1v) is 4.44. The molecule has 0 N–H and O–H groups in total. The largest absolute Gasteiger partial charge is 0.574 e. The van der Waals surface area contributed by atoms with Crippen LogP contribution in [0, 0.1) is 13.8 Å². The normalized spacial score (nSPS) is 11.2. The minimum absolute atomic E-state index is 0.167. The van der Waals surface area contributed by atoms with Crippen LogP contribution in [0.1, 0.15) is 0 Å². The molecule has 82 valence electrons. The van der Waals surface area contributed by atoms with Gasteiger partial charge in [0, 0.05) is 12.1 Å². The van der Waals surface area contributed by atoms with Crippen molar-refractivity contribution in [3.63, 3.8) is 0 Å². The molecule has 1 rings (SSSR count). The molecule has 0 saturated carbocycles. The molecule has 0 radical (unpaired) electrons.